The van der Waals surface area contributed by atoms with Gasteiger partial charge in [0.05, 0.1) is 25.0 Å². The number of fused-ring (bicyclic) bond motifs is 1. The molecule has 1 aliphatic rings. The van der Waals surface area contributed by atoms with Crippen LogP contribution >= 0.6 is 0 Å². The van der Waals surface area contributed by atoms with Gasteiger partial charge in [-0.2, -0.15) is 9.57 Å². The summed E-state index contributed by atoms with van der Waals surface area (Å²) in [7, 11) is -1.57. The molecule has 0 bridgehead atoms. The maximum Gasteiger partial charge on any atom is 0.211 e. The van der Waals surface area contributed by atoms with Crippen molar-refractivity contribution in [3.63, 3.8) is 0 Å². The summed E-state index contributed by atoms with van der Waals surface area (Å²) < 4.78 is 30.9. The number of rotatable bonds is 5. The molecule has 1 N–H and O–H groups in total. The Kier molecular flexibility index (Phi) is 5.68. The Bertz CT molecular complexity index is 1260. The normalized spacial score (nSPS) is 13.8. The van der Waals surface area contributed by atoms with E-state index in [9.17, 15) is 8.42 Å². The quantitative estimate of drug-likeness (QED) is 0.649. The average molecular weight is 434 g/mol. The van der Waals surface area contributed by atoms with Crippen molar-refractivity contribution in [2.24, 2.45) is 0 Å². The topological polar surface area (TPSA) is 82.4 Å². The predicted octanol–water partition coefficient (Wildman–Crippen LogP) is 4.30. The molecule has 0 saturated carbocycles. The fraction of sp³-hybridized carbons (Fsp3) is 0.208. The molecule has 6 nitrogen and oxygen atoms in total. The molecular formula is C24H23N3O3S. The fourth-order valence-corrected chi connectivity index (χ4v) is 4.67. The fourth-order valence-electron chi connectivity index (χ4n) is 3.87. The molecule has 7 heteroatoms. The standard InChI is InChI=1S/C24H23N3O3S/c1-30-24-11-10-20(14-22(24)18-8-6-17(15-25)7-9-18)26-23-5-3-4-19-16-27(31(2,28)29)13-12-21(19)23/h3-11,14,26H,12-13,16H2,1-2H3. The third-order valence-corrected chi connectivity index (χ3v) is 6.75. The molecule has 0 spiro atoms. The van der Waals surface area contributed by atoms with E-state index < -0.39 is 10.0 Å². The van der Waals surface area contributed by atoms with Crippen molar-refractivity contribution < 1.29 is 13.2 Å². The Morgan fingerprint density at radius 2 is 1.87 bits per heavy atom. The number of benzene rings is 3. The van der Waals surface area contributed by atoms with Crippen LogP contribution < -0.4 is 10.1 Å². The molecular weight excluding hydrogens is 410 g/mol. The van der Waals surface area contributed by atoms with Gasteiger partial charge >= 0.3 is 0 Å². The smallest absolute Gasteiger partial charge is 0.211 e. The van der Waals surface area contributed by atoms with E-state index in [1.807, 2.05) is 48.5 Å². The van der Waals surface area contributed by atoms with Crippen LogP contribution in [0, 0.1) is 11.3 Å². The zero-order chi connectivity index (χ0) is 22.0. The van der Waals surface area contributed by atoms with Gasteiger partial charge in [0.1, 0.15) is 5.75 Å². The second-order valence-electron chi connectivity index (χ2n) is 7.52. The number of nitrogens with one attached hydrogen (secondary N) is 1. The zero-order valence-electron chi connectivity index (χ0n) is 17.4. The number of ether oxygens (including phenoxy) is 1. The Hall–Kier alpha value is -3.34. The Morgan fingerprint density at radius 1 is 1.10 bits per heavy atom. The second-order valence-corrected chi connectivity index (χ2v) is 9.50. The van der Waals surface area contributed by atoms with Crippen molar-refractivity contribution in [2.45, 2.75) is 13.0 Å². The lowest BCUT2D eigenvalue weighted by Crippen LogP contribution is -2.35. The highest BCUT2D eigenvalue weighted by atomic mass is 32.2. The van der Waals surface area contributed by atoms with Crippen LogP contribution in [0.3, 0.4) is 0 Å². The van der Waals surface area contributed by atoms with Crippen LogP contribution in [0.1, 0.15) is 16.7 Å². The number of nitriles is 1. The van der Waals surface area contributed by atoms with Crippen molar-refractivity contribution in [1.29, 1.82) is 5.26 Å². The van der Waals surface area contributed by atoms with Crippen molar-refractivity contribution in [3.05, 3.63) is 77.4 Å². The van der Waals surface area contributed by atoms with Gasteiger partial charge < -0.3 is 10.1 Å². The minimum Gasteiger partial charge on any atom is -0.496 e. The molecule has 0 fully saturated rings. The summed E-state index contributed by atoms with van der Waals surface area (Å²) >= 11 is 0. The Labute approximate surface area is 182 Å². The van der Waals surface area contributed by atoms with Crippen LogP contribution in [0.15, 0.2) is 60.7 Å². The SMILES string of the molecule is COc1ccc(Nc2cccc3c2CCN(S(C)(=O)=O)C3)cc1-c1ccc(C#N)cc1. The monoisotopic (exact) mass is 433 g/mol. The van der Waals surface area contributed by atoms with Gasteiger partial charge in [-0.15, -0.1) is 0 Å². The first-order valence-corrected chi connectivity index (χ1v) is 11.8. The molecule has 0 radical (unpaired) electrons. The Balaban J connectivity index is 1.66. The summed E-state index contributed by atoms with van der Waals surface area (Å²) in [6.07, 6.45) is 1.91. The highest BCUT2D eigenvalue weighted by Crippen LogP contribution is 2.35. The molecule has 158 valence electrons. The number of nitrogens with zero attached hydrogens (tertiary/aromatic N) is 2. The summed E-state index contributed by atoms with van der Waals surface area (Å²) in [5.41, 5.74) is 6.51. The van der Waals surface area contributed by atoms with Crippen LogP contribution in [0.2, 0.25) is 0 Å². The highest BCUT2D eigenvalue weighted by molar-refractivity contribution is 7.88. The van der Waals surface area contributed by atoms with E-state index in [0.29, 0.717) is 25.1 Å². The van der Waals surface area contributed by atoms with E-state index in [2.05, 4.69) is 11.4 Å². The van der Waals surface area contributed by atoms with Crippen molar-refractivity contribution in [2.75, 3.05) is 25.2 Å². The van der Waals surface area contributed by atoms with Gasteiger partial charge in [-0.25, -0.2) is 8.42 Å². The molecule has 1 aliphatic heterocycles. The lowest BCUT2D eigenvalue weighted by molar-refractivity contribution is 0.395. The van der Waals surface area contributed by atoms with E-state index in [1.165, 1.54) is 10.6 Å². The number of anilines is 2. The zero-order valence-corrected chi connectivity index (χ0v) is 18.2. The molecule has 0 saturated heterocycles. The van der Waals surface area contributed by atoms with Crippen LogP contribution in [0.4, 0.5) is 11.4 Å². The molecule has 0 aliphatic carbocycles. The lowest BCUT2D eigenvalue weighted by atomic mass is 9.98. The van der Waals surface area contributed by atoms with E-state index in [1.54, 1.807) is 19.2 Å². The molecule has 0 atom stereocenters. The first-order chi connectivity index (χ1) is 14.9. The molecule has 31 heavy (non-hydrogen) atoms. The summed E-state index contributed by atoms with van der Waals surface area (Å²) in [4.78, 5) is 0. The second kappa shape index (κ2) is 8.42. The van der Waals surface area contributed by atoms with E-state index in [0.717, 1.165) is 39.4 Å². The average Bonchev–Trinajstić information content (AvgIpc) is 2.78. The first kappa shape index (κ1) is 20.9. The Morgan fingerprint density at radius 3 is 2.55 bits per heavy atom. The van der Waals surface area contributed by atoms with E-state index in [-0.39, 0.29) is 0 Å². The number of hydrogen-bond donors (Lipinski definition) is 1. The molecule has 0 amide bonds. The van der Waals surface area contributed by atoms with E-state index in [4.69, 9.17) is 10.00 Å². The van der Waals surface area contributed by atoms with Gasteiger partial charge in [0.2, 0.25) is 10.0 Å². The van der Waals surface area contributed by atoms with Crippen LogP contribution in [-0.2, 0) is 23.0 Å². The third-order valence-electron chi connectivity index (χ3n) is 5.50. The first-order valence-electron chi connectivity index (χ1n) is 9.90. The molecule has 1 heterocycles. The molecule has 0 unspecified atom stereocenters. The van der Waals surface area contributed by atoms with Gasteiger partial charge in [-0.05, 0) is 59.5 Å². The van der Waals surface area contributed by atoms with Gasteiger partial charge in [0.25, 0.3) is 0 Å². The molecule has 3 aromatic rings. The summed E-state index contributed by atoms with van der Waals surface area (Å²) in [6.45, 7) is 0.867. The predicted molar refractivity (Wildman–Crippen MR) is 122 cm³/mol. The van der Waals surface area contributed by atoms with Crippen LogP contribution in [0.5, 0.6) is 5.75 Å². The largest absolute Gasteiger partial charge is 0.496 e. The number of hydrogen-bond acceptors (Lipinski definition) is 5. The lowest BCUT2D eigenvalue weighted by Gasteiger charge is -2.28. The summed E-state index contributed by atoms with van der Waals surface area (Å²) in [5, 5.41) is 12.5. The van der Waals surface area contributed by atoms with Gasteiger partial charge in [-0.1, -0.05) is 24.3 Å². The molecule has 3 aromatic carbocycles. The number of sulfonamides is 1. The van der Waals surface area contributed by atoms with Crippen LogP contribution in [-0.4, -0.2) is 32.6 Å². The number of methoxy groups -OCH3 is 1. The minimum atomic E-state index is -3.21. The van der Waals surface area contributed by atoms with Crippen molar-refractivity contribution in [1.82, 2.24) is 4.31 Å². The molecule has 0 aromatic heterocycles. The molecule has 4 rings (SSSR count). The maximum absolute atomic E-state index is 11.9. The van der Waals surface area contributed by atoms with Gasteiger partial charge in [0.15, 0.2) is 0 Å². The van der Waals surface area contributed by atoms with Crippen LogP contribution in [0.25, 0.3) is 11.1 Å². The third kappa shape index (κ3) is 4.41. The van der Waals surface area contributed by atoms with E-state index >= 15 is 0 Å². The highest BCUT2D eigenvalue weighted by Gasteiger charge is 2.24. The van der Waals surface area contributed by atoms with Crippen molar-refractivity contribution >= 4 is 21.4 Å². The van der Waals surface area contributed by atoms with Crippen molar-refractivity contribution in [3.8, 4) is 22.9 Å². The minimum absolute atomic E-state index is 0.392. The maximum atomic E-state index is 11.9. The van der Waals surface area contributed by atoms with Gasteiger partial charge in [-0.3, -0.25) is 0 Å². The summed E-state index contributed by atoms with van der Waals surface area (Å²) in [5.74, 6) is 0.745. The summed E-state index contributed by atoms with van der Waals surface area (Å²) in [6, 6.07) is 21.3. The van der Waals surface area contributed by atoms with Gasteiger partial charge in [0, 0.05) is 30.0 Å².